The first kappa shape index (κ1) is 22.2. The van der Waals surface area contributed by atoms with Gasteiger partial charge in [0.25, 0.3) is 0 Å². The van der Waals surface area contributed by atoms with Crippen LogP contribution in [0.5, 0.6) is 0 Å². The van der Waals surface area contributed by atoms with Gasteiger partial charge in [-0.25, -0.2) is 21.6 Å². The summed E-state index contributed by atoms with van der Waals surface area (Å²) in [6, 6.07) is 10.8. The van der Waals surface area contributed by atoms with Gasteiger partial charge in [-0.3, -0.25) is 4.79 Å². The molecule has 1 aliphatic carbocycles. The van der Waals surface area contributed by atoms with Crippen LogP contribution < -0.4 is 10.0 Å². The highest BCUT2D eigenvalue weighted by molar-refractivity contribution is 7.89. The summed E-state index contributed by atoms with van der Waals surface area (Å²) in [5.41, 5.74) is 0.291. The lowest BCUT2D eigenvalue weighted by Gasteiger charge is -2.23. The van der Waals surface area contributed by atoms with Gasteiger partial charge in [0, 0.05) is 23.3 Å². The fraction of sp³-hybridized carbons (Fsp3) is 0.350. The van der Waals surface area contributed by atoms with Gasteiger partial charge in [-0.1, -0.05) is 17.7 Å². The van der Waals surface area contributed by atoms with Gasteiger partial charge >= 0.3 is 0 Å². The van der Waals surface area contributed by atoms with Crippen LogP contribution in [0.2, 0.25) is 5.02 Å². The van der Waals surface area contributed by atoms with E-state index < -0.39 is 32.0 Å². The molecule has 2 fully saturated rings. The van der Waals surface area contributed by atoms with E-state index in [-0.39, 0.29) is 22.4 Å². The molecule has 2 aliphatic rings. The molecule has 31 heavy (non-hydrogen) atoms. The van der Waals surface area contributed by atoms with Crippen molar-refractivity contribution >= 4 is 43.2 Å². The van der Waals surface area contributed by atoms with Crippen LogP contribution >= 0.6 is 11.6 Å². The molecule has 0 unspecified atom stereocenters. The number of benzene rings is 2. The number of hydrogen-bond acceptors (Lipinski definition) is 5. The Morgan fingerprint density at radius 1 is 0.968 bits per heavy atom. The quantitative estimate of drug-likeness (QED) is 0.628. The Labute approximate surface area is 186 Å². The maximum atomic E-state index is 13.0. The molecule has 1 heterocycles. The molecule has 4 rings (SSSR count). The molecule has 0 radical (unpaired) electrons. The predicted molar refractivity (Wildman–Crippen MR) is 117 cm³/mol. The van der Waals surface area contributed by atoms with Crippen molar-refractivity contribution in [1.29, 1.82) is 0 Å². The van der Waals surface area contributed by atoms with Crippen molar-refractivity contribution < 1.29 is 21.6 Å². The number of sulfonamides is 2. The van der Waals surface area contributed by atoms with Gasteiger partial charge in [-0.15, -0.1) is 0 Å². The third-order valence-corrected chi connectivity index (χ3v) is 8.93. The minimum absolute atomic E-state index is 0.0339. The highest BCUT2D eigenvalue weighted by Crippen LogP contribution is 2.28. The van der Waals surface area contributed by atoms with Gasteiger partial charge in [0.2, 0.25) is 26.0 Å². The van der Waals surface area contributed by atoms with Crippen LogP contribution in [-0.2, 0) is 24.8 Å². The summed E-state index contributed by atoms with van der Waals surface area (Å²) in [7, 11) is -7.54. The van der Waals surface area contributed by atoms with E-state index >= 15 is 0 Å². The zero-order valence-corrected chi connectivity index (χ0v) is 18.9. The standard InChI is InChI=1S/C20H22ClN3O5S2/c21-14-6-10-17(11-7-14)31(28,29)24-12-2-5-19(24)20(25)22-16-3-1-4-18(13-16)30(26,27)23-15-8-9-15/h1,3-4,6-7,10-11,13,15,19,23H,2,5,8-9,12H2,(H,22,25)/t19-/m0/s1. The van der Waals surface area contributed by atoms with Crippen LogP contribution in [0.3, 0.4) is 0 Å². The molecule has 8 nitrogen and oxygen atoms in total. The van der Waals surface area contributed by atoms with Gasteiger partial charge < -0.3 is 5.32 Å². The molecule has 2 aromatic rings. The van der Waals surface area contributed by atoms with Crippen LogP contribution in [0.15, 0.2) is 58.3 Å². The van der Waals surface area contributed by atoms with E-state index in [1.807, 2.05) is 0 Å². The fourth-order valence-corrected chi connectivity index (χ4v) is 6.62. The number of nitrogens with zero attached hydrogens (tertiary/aromatic N) is 1. The summed E-state index contributed by atoms with van der Waals surface area (Å²) in [6.45, 7) is 0.225. The molecule has 166 valence electrons. The van der Waals surface area contributed by atoms with Crippen molar-refractivity contribution in [2.75, 3.05) is 11.9 Å². The monoisotopic (exact) mass is 483 g/mol. The Morgan fingerprint density at radius 2 is 1.68 bits per heavy atom. The summed E-state index contributed by atoms with van der Waals surface area (Å²) in [5, 5.41) is 3.09. The Kier molecular flexibility index (Phi) is 6.10. The highest BCUT2D eigenvalue weighted by atomic mass is 35.5. The number of amides is 1. The molecule has 1 amide bonds. The van der Waals surface area contributed by atoms with E-state index in [9.17, 15) is 21.6 Å². The topological polar surface area (TPSA) is 113 Å². The van der Waals surface area contributed by atoms with Crippen molar-refractivity contribution in [3.8, 4) is 0 Å². The second kappa shape index (κ2) is 8.51. The number of nitrogens with one attached hydrogen (secondary N) is 2. The molecule has 2 aromatic carbocycles. The smallest absolute Gasteiger partial charge is 0.243 e. The summed E-state index contributed by atoms with van der Waals surface area (Å²) < 4.78 is 54.7. The number of carbonyl (C=O) groups is 1. The molecule has 0 bridgehead atoms. The van der Waals surface area contributed by atoms with Gasteiger partial charge in [-0.2, -0.15) is 4.31 Å². The lowest BCUT2D eigenvalue weighted by Crippen LogP contribution is -2.43. The first-order valence-corrected chi connectivity index (χ1v) is 13.2. The first-order valence-electron chi connectivity index (χ1n) is 9.87. The number of rotatable bonds is 7. The molecular formula is C20H22ClN3O5S2. The summed E-state index contributed by atoms with van der Waals surface area (Å²) in [4.78, 5) is 13.0. The molecule has 1 atom stereocenters. The molecule has 1 aliphatic heterocycles. The Morgan fingerprint density at radius 3 is 2.35 bits per heavy atom. The lowest BCUT2D eigenvalue weighted by molar-refractivity contribution is -0.119. The third kappa shape index (κ3) is 4.93. The Hall–Kier alpha value is -1.98. The van der Waals surface area contributed by atoms with Gasteiger partial charge in [0.05, 0.1) is 9.79 Å². The number of halogens is 1. The molecule has 0 spiro atoms. The number of hydrogen-bond donors (Lipinski definition) is 2. The minimum atomic E-state index is -3.87. The average Bonchev–Trinajstić information content (AvgIpc) is 3.37. The van der Waals surface area contributed by atoms with Crippen LogP contribution in [0.25, 0.3) is 0 Å². The molecule has 1 saturated carbocycles. The van der Waals surface area contributed by atoms with Crippen molar-refractivity contribution in [1.82, 2.24) is 9.03 Å². The number of anilines is 1. The van der Waals surface area contributed by atoms with Crippen LogP contribution in [0, 0.1) is 0 Å². The average molecular weight is 484 g/mol. The summed E-state index contributed by atoms with van der Waals surface area (Å²) in [5.74, 6) is -0.500. The zero-order chi connectivity index (χ0) is 22.2. The lowest BCUT2D eigenvalue weighted by atomic mass is 10.2. The van der Waals surface area contributed by atoms with E-state index in [1.54, 1.807) is 6.07 Å². The predicted octanol–water partition coefficient (Wildman–Crippen LogP) is 2.57. The molecule has 1 saturated heterocycles. The van der Waals surface area contributed by atoms with Crippen molar-refractivity contribution in [2.24, 2.45) is 0 Å². The second-order valence-electron chi connectivity index (χ2n) is 7.64. The van der Waals surface area contributed by atoms with E-state index in [0.717, 1.165) is 12.8 Å². The van der Waals surface area contributed by atoms with E-state index in [1.165, 1.54) is 46.8 Å². The van der Waals surface area contributed by atoms with Gasteiger partial charge in [-0.05, 0) is 68.1 Å². The zero-order valence-electron chi connectivity index (χ0n) is 16.5. The Bertz CT molecular complexity index is 1200. The van der Waals surface area contributed by atoms with Gasteiger partial charge in [0.15, 0.2) is 0 Å². The van der Waals surface area contributed by atoms with Crippen molar-refractivity contribution in [2.45, 2.75) is 47.6 Å². The molecule has 2 N–H and O–H groups in total. The minimum Gasteiger partial charge on any atom is -0.325 e. The third-order valence-electron chi connectivity index (χ3n) is 5.24. The van der Waals surface area contributed by atoms with Crippen molar-refractivity contribution in [3.05, 3.63) is 53.6 Å². The Balaban J connectivity index is 1.51. The summed E-state index contributed by atoms with van der Waals surface area (Å²) in [6.07, 6.45) is 2.55. The van der Waals surface area contributed by atoms with Crippen LogP contribution in [0.1, 0.15) is 25.7 Å². The molecule has 0 aromatic heterocycles. The van der Waals surface area contributed by atoms with Crippen LogP contribution in [0.4, 0.5) is 5.69 Å². The largest absolute Gasteiger partial charge is 0.325 e. The fourth-order valence-electron chi connectivity index (χ4n) is 3.49. The molecule has 11 heteroatoms. The van der Waals surface area contributed by atoms with E-state index in [0.29, 0.717) is 23.6 Å². The second-order valence-corrected chi connectivity index (χ2v) is 11.7. The molecular weight excluding hydrogens is 462 g/mol. The first-order chi connectivity index (χ1) is 14.7. The number of carbonyl (C=O) groups excluding carboxylic acids is 1. The normalized spacial score (nSPS) is 20.0. The highest BCUT2D eigenvalue weighted by Gasteiger charge is 2.39. The van der Waals surface area contributed by atoms with E-state index in [2.05, 4.69) is 10.0 Å². The summed E-state index contributed by atoms with van der Waals surface area (Å²) >= 11 is 5.85. The van der Waals surface area contributed by atoms with Gasteiger partial charge in [0.1, 0.15) is 6.04 Å². The van der Waals surface area contributed by atoms with Crippen molar-refractivity contribution in [3.63, 3.8) is 0 Å². The SMILES string of the molecule is O=C(Nc1cccc(S(=O)(=O)NC2CC2)c1)[C@@H]1CCCN1S(=O)(=O)c1ccc(Cl)cc1. The maximum Gasteiger partial charge on any atom is 0.243 e. The maximum absolute atomic E-state index is 13.0. The van der Waals surface area contributed by atoms with Crippen LogP contribution in [-0.4, -0.2) is 45.7 Å². The van der Waals surface area contributed by atoms with E-state index in [4.69, 9.17) is 11.6 Å².